The molecule has 5 nitrogen and oxygen atoms in total. The molecule has 0 saturated heterocycles. The molecule has 1 aromatic carbocycles. The van der Waals surface area contributed by atoms with Gasteiger partial charge in [0, 0.05) is 11.5 Å². The molecule has 3 rings (SSSR count). The van der Waals surface area contributed by atoms with Crippen molar-refractivity contribution in [3.8, 4) is 11.3 Å². The summed E-state index contributed by atoms with van der Waals surface area (Å²) in [5, 5.41) is 12.8. The van der Waals surface area contributed by atoms with Crippen molar-refractivity contribution in [1.82, 2.24) is 5.16 Å². The first-order chi connectivity index (χ1) is 8.66. The van der Waals surface area contributed by atoms with Gasteiger partial charge in [-0.1, -0.05) is 5.16 Å². The molecule has 6 heteroatoms. The zero-order valence-corrected chi connectivity index (χ0v) is 8.88. The van der Waals surface area contributed by atoms with Crippen molar-refractivity contribution in [2.45, 2.75) is 0 Å². The summed E-state index contributed by atoms with van der Waals surface area (Å²) in [5.74, 6) is -2.12. The molecule has 90 valence electrons. The van der Waals surface area contributed by atoms with E-state index in [9.17, 15) is 9.18 Å². The Kier molecular flexibility index (Phi) is 2.16. The molecule has 0 aliphatic heterocycles. The zero-order chi connectivity index (χ0) is 12.7. The van der Waals surface area contributed by atoms with Crippen molar-refractivity contribution in [3.63, 3.8) is 0 Å². The summed E-state index contributed by atoms with van der Waals surface area (Å²) in [6.45, 7) is 0. The van der Waals surface area contributed by atoms with Crippen molar-refractivity contribution < 1.29 is 23.2 Å². The number of aromatic nitrogens is 1. The van der Waals surface area contributed by atoms with Crippen molar-refractivity contribution in [2.24, 2.45) is 0 Å². The maximum Gasteiger partial charge on any atom is 0.374 e. The average Bonchev–Trinajstić information content (AvgIpc) is 2.95. The molecule has 0 saturated carbocycles. The summed E-state index contributed by atoms with van der Waals surface area (Å²) in [7, 11) is 0. The highest BCUT2D eigenvalue weighted by molar-refractivity contribution is 5.94. The number of nitrogens with zero attached hydrogens (tertiary/aromatic N) is 1. The van der Waals surface area contributed by atoms with Crippen LogP contribution < -0.4 is 0 Å². The van der Waals surface area contributed by atoms with Gasteiger partial charge in [0.25, 0.3) is 0 Å². The van der Waals surface area contributed by atoms with Gasteiger partial charge < -0.3 is 14.0 Å². The van der Waals surface area contributed by atoms with Crippen LogP contribution in [0.25, 0.3) is 22.2 Å². The first-order valence-corrected chi connectivity index (χ1v) is 5.03. The SMILES string of the molecule is O=C(O)c1cc(-c2c(F)ccc3occc23)no1. The first-order valence-electron chi connectivity index (χ1n) is 5.03. The number of benzene rings is 1. The number of carboxylic acid groups (broad SMARTS) is 1. The van der Waals surface area contributed by atoms with E-state index < -0.39 is 11.8 Å². The van der Waals surface area contributed by atoms with E-state index in [2.05, 4.69) is 9.68 Å². The van der Waals surface area contributed by atoms with E-state index in [0.29, 0.717) is 11.0 Å². The summed E-state index contributed by atoms with van der Waals surface area (Å²) in [5.41, 5.74) is 0.778. The van der Waals surface area contributed by atoms with Gasteiger partial charge in [0.05, 0.1) is 11.8 Å². The third kappa shape index (κ3) is 1.46. The molecule has 18 heavy (non-hydrogen) atoms. The molecular formula is C12H6FNO4. The van der Waals surface area contributed by atoms with Crippen LogP contribution in [-0.4, -0.2) is 16.2 Å². The minimum Gasteiger partial charge on any atom is -0.475 e. The Balaban J connectivity index is 2.26. The number of furan rings is 1. The number of rotatable bonds is 2. The molecule has 0 aliphatic carbocycles. The molecule has 2 aromatic heterocycles. The molecule has 0 radical (unpaired) electrons. The molecule has 2 heterocycles. The fraction of sp³-hybridized carbons (Fsp3) is 0. The highest BCUT2D eigenvalue weighted by atomic mass is 19.1. The van der Waals surface area contributed by atoms with E-state index in [1.807, 2.05) is 0 Å². The molecule has 3 aromatic rings. The van der Waals surface area contributed by atoms with E-state index in [1.165, 1.54) is 24.5 Å². The summed E-state index contributed by atoms with van der Waals surface area (Å²) in [6.07, 6.45) is 1.42. The molecule has 0 bridgehead atoms. The number of hydrogen-bond donors (Lipinski definition) is 1. The Hall–Kier alpha value is -2.63. The summed E-state index contributed by atoms with van der Waals surface area (Å²) in [6, 6.07) is 5.48. The fourth-order valence-electron chi connectivity index (χ4n) is 1.77. The Morgan fingerprint density at radius 2 is 2.17 bits per heavy atom. The maximum absolute atomic E-state index is 13.8. The standard InChI is InChI=1S/C12H6FNO4/c13-7-1-2-9-6(3-4-17-9)11(7)8-5-10(12(15)16)18-14-8/h1-5H,(H,15,16). The summed E-state index contributed by atoms with van der Waals surface area (Å²) in [4.78, 5) is 10.7. The van der Waals surface area contributed by atoms with Crippen LogP contribution in [0.2, 0.25) is 0 Å². The second-order valence-electron chi connectivity index (χ2n) is 3.64. The van der Waals surface area contributed by atoms with E-state index in [1.54, 1.807) is 6.07 Å². The van der Waals surface area contributed by atoms with Crippen molar-refractivity contribution in [1.29, 1.82) is 0 Å². The van der Waals surface area contributed by atoms with Gasteiger partial charge in [0.15, 0.2) is 0 Å². The molecule has 0 atom stereocenters. The van der Waals surface area contributed by atoms with Gasteiger partial charge in [-0.15, -0.1) is 0 Å². The lowest BCUT2D eigenvalue weighted by Gasteiger charge is -1.99. The average molecular weight is 247 g/mol. The second kappa shape index (κ2) is 3.69. The second-order valence-corrected chi connectivity index (χ2v) is 3.64. The van der Waals surface area contributed by atoms with Gasteiger partial charge in [0.2, 0.25) is 5.76 Å². The molecular weight excluding hydrogens is 241 g/mol. The molecule has 0 amide bonds. The van der Waals surface area contributed by atoms with Crippen LogP contribution in [0.4, 0.5) is 4.39 Å². The van der Waals surface area contributed by atoms with Crippen LogP contribution in [-0.2, 0) is 0 Å². The number of carbonyl (C=O) groups is 1. The van der Waals surface area contributed by atoms with Crippen molar-refractivity contribution >= 4 is 16.9 Å². The third-order valence-corrected chi connectivity index (χ3v) is 2.56. The summed E-state index contributed by atoms with van der Waals surface area (Å²) >= 11 is 0. The predicted molar refractivity (Wildman–Crippen MR) is 58.6 cm³/mol. The van der Waals surface area contributed by atoms with Crippen LogP contribution >= 0.6 is 0 Å². The van der Waals surface area contributed by atoms with Gasteiger partial charge in [-0.3, -0.25) is 0 Å². The number of hydrogen-bond acceptors (Lipinski definition) is 4. The molecule has 0 fully saturated rings. The molecule has 1 N–H and O–H groups in total. The minimum atomic E-state index is -1.26. The van der Waals surface area contributed by atoms with Crippen LogP contribution in [0.3, 0.4) is 0 Å². The fourth-order valence-corrected chi connectivity index (χ4v) is 1.77. The molecule has 0 spiro atoms. The van der Waals surface area contributed by atoms with E-state index in [-0.39, 0.29) is 17.0 Å². The smallest absolute Gasteiger partial charge is 0.374 e. The zero-order valence-electron chi connectivity index (χ0n) is 8.88. The Labute approximate surface area is 99.4 Å². The Morgan fingerprint density at radius 1 is 1.33 bits per heavy atom. The van der Waals surface area contributed by atoms with Gasteiger partial charge in [-0.2, -0.15) is 0 Å². The Bertz CT molecular complexity index is 743. The lowest BCUT2D eigenvalue weighted by Crippen LogP contribution is -1.91. The largest absolute Gasteiger partial charge is 0.475 e. The van der Waals surface area contributed by atoms with E-state index in [0.717, 1.165) is 0 Å². The first kappa shape index (κ1) is 10.5. The van der Waals surface area contributed by atoms with Crippen LogP contribution in [0, 0.1) is 5.82 Å². The minimum absolute atomic E-state index is 0.122. The maximum atomic E-state index is 13.8. The topological polar surface area (TPSA) is 76.5 Å². The summed E-state index contributed by atoms with van der Waals surface area (Å²) < 4.78 is 23.6. The lowest BCUT2D eigenvalue weighted by molar-refractivity contribution is 0.0652. The van der Waals surface area contributed by atoms with Crippen LogP contribution in [0.5, 0.6) is 0 Å². The number of aromatic carboxylic acids is 1. The predicted octanol–water partition coefficient (Wildman–Crippen LogP) is 2.93. The highest BCUT2D eigenvalue weighted by Crippen LogP contribution is 2.31. The van der Waals surface area contributed by atoms with Crippen molar-refractivity contribution in [3.05, 3.63) is 42.1 Å². The van der Waals surface area contributed by atoms with Gasteiger partial charge in [0.1, 0.15) is 17.1 Å². The number of fused-ring (bicyclic) bond motifs is 1. The van der Waals surface area contributed by atoms with Gasteiger partial charge in [-0.05, 0) is 18.2 Å². The lowest BCUT2D eigenvalue weighted by atomic mass is 10.1. The van der Waals surface area contributed by atoms with E-state index >= 15 is 0 Å². The molecule has 0 unspecified atom stereocenters. The van der Waals surface area contributed by atoms with Crippen molar-refractivity contribution in [2.75, 3.05) is 0 Å². The number of carboxylic acids is 1. The normalized spacial score (nSPS) is 10.9. The van der Waals surface area contributed by atoms with Gasteiger partial charge in [-0.25, -0.2) is 9.18 Å². The van der Waals surface area contributed by atoms with E-state index in [4.69, 9.17) is 9.52 Å². The van der Waals surface area contributed by atoms with Crippen LogP contribution in [0.15, 0.2) is 39.5 Å². The quantitative estimate of drug-likeness (QED) is 0.753. The monoisotopic (exact) mass is 247 g/mol. The van der Waals surface area contributed by atoms with Gasteiger partial charge >= 0.3 is 5.97 Å². The Morgan fingerprint density at radius 3 is 2.89 bits per heavy atom. The number of halogens is 1. The highest BCUT2D eigenvalue weighted by Gasteiger charge is 2.18. The van der Waals surface area contributed by atoms with Crippen LogP contribution in [0.1, 0.15) is 10.6 Å². The third-order valence-electron chi connectivity index (χ3n) is 2.56. The molecule has 0 aliphatic rings.